The molecule has 2 rings (SSSR count). The smallest absolute Gasteiger partial charge is 0.320 e. The minimum Gasteiger partial charge on any atom is -0.468 e. The summed E-state index contributed by atoms with van der Waals surface area (Å²) in [5.74, 6) is -2.01. The fourth-order valence-corrected chi connectivity index (χ4v) is 3.34. The van der Waals surface area contributed by atoms with Crippen LogP contribution in [0.3, 0.4) is 0 Å². The van der Waals surface area contributed by atoms with E-state index in [4.69, 9.17) is 9.47 Å². The van der Waals surface area contributed by atoms with Crippen molar-refractivity contribution in [3.8, 4) is 0 Å². The van der Waals surface area contributed by atoms with Gasteiger partial charge >= 0.3 is 11.9 Å². The number of para-hydroxylation sites is 1. The lowest BCUT2D eigenvalue weighted by molar-refractivity contribution is -0.159. The number of esters is 2. The summed E-state index contributed by atoms with van der Waals surface area (Å²) in [4.78, 5) is 23.8. The van der Waals surface area contributed by atoms with Gasteiger partial charge in [0.1, 0.15) is 0 Å². The third-order valence-electron chi connectivity index (χ3n) is 4.44. The Hall–Kier alpha value is -2.30. The van der Waals surface area contributed by atoms with Crippen LogP contribution in [0, 0.1) is 12.8 Å². The van der Waals surface area contributed by atoms with Crippen molar-refractivity contribution in [2.75, 3.05) is 14.2 Å². The molecule has 1 aromatic carbocycles. The molecule has 124 valence electrons. The first-order valence-corrected chi connectivity index (χ1v) is 7.61. The zero-order valence-electron chi connectivity index (χ0n) is 14.3. The van der Waals surface area contributed by atoms with Gasteiger partial charge in [-0.3, -0.25) is 9.59 Å². The van der Waals surface area contributed by atoms with Crippen LogP contribution in [0.5, 0.6) is 0 Å². The van der Waals surface area contributed by atoms with Crippen molar-refractivity contribution in [3.05, 3.63) is 35.5 Å². The molecule has 5 heteroatoms. The molecule has 1 heterocycles. The zero-order valence-corrected chi connectivity index (χ0v) is 14.3. The fraction of sp³-hybridized carbons (Fsp3) is 0.444. The summed E-state index contributed by atoms with van der Waals surface area (Å²) in [5, 5.41) is 1.18. The summed E-state index contributed by atoms with van der Waals surface area (Å²) in [5.41, 5.74) is 3.42. The van der Waals surface area contributed by atoms with E-state index in [9.17, 15) is 9.59 Å². The first-order chi connectivity index (χ1) is 10.9. The first kappa shape index (κ1) is 17.1. The molecule has 2 aromatic rings. The SMILES string of the molecule is COC(=O)C(CC(C)c1c(C)c2ccccc2n1C)C(=O)OC. The van der Waals surface area contributed by atoms with Gasteiger partial charge < -0.3 is 14.0 Å². The van der Waals surface area contributed by atoms with Gasteiger partial charge in [0.2, 0.25) is 0 Å². The summed E-state index contributed by atoms with van der Waals surface area (Å²) in [7, 11) is 4.57. The van der Waals surface area contributed by atoms with Crippen LogP contribution in [0.25, 0.3) is 10.9 Å². The lowest BCUT2D eigenvalue weighted by Crippen LogP contribution is -2.28. The maximum absolute atomic E-state index is 11.9. The molecular formula is C18H23NO4. The van der Waals surface area contributed by atoms with Gasteiger partial charge in [0.25, 0.3) is 0 Å². The fourth-order valence-electron chi connectivity index (χ4n) is 3.34. The van der Waals surface area contributed by atoms with E-state index in [1.165, 1.54) is 25.2 Å². The number of ether oxygens (including phenoxy) is 2. The van der Waals surface area contributed by atoms with Gasteiger partial charge in [-0.1, -0.05) is 25.1 Å². The maximum atomic E-state index is 11.9. The van der Waals surface area contributed by atoms with E-state index in [-0.39, 0.29) is 5.92 Å². The molecule has 0 saturated carbocycles. The second-order valence-electron chi connectivity index (χ2n) is 5.82. The molecule has 0 bridgehead atoms. The Balaban J connectivity index is 2.38. The van der Waals surface area contributed by atoms with Gasteiger partial charge in [-0.05, 0) is 30.9 Å². The highest BCUT2D eigenvalue weighted by Crippen LogP contribution is 2.33. The second-order valence-corrected chi connectivity index (χ2v) is 5.82. The molecule has 0 radical (unpaired) electrons. The van der Waals surface area contributed by atoms with Crippen LogP contribution >= 0.6 is 0 Å². The molecule has 0 aliphatic carbocycles. The Morgan fingerprint density at radius 3 is 2.22 bits per heavy atom. The van der Waals surface area contributed by atoms with Crippen molar-refractivity contribution in [3.63, 3.8) is 0 Å². The highest BCUT2D eigenvalue weighted by atomic mass is 16.5. The highest BCUT2D eigenvalue weighted by molar-refractivity contribution is 5.95. The van der Waals surface area contributed by atoms with E-state index in [1.807, 2.05) is 26.1 Å². The number of rotatable bonds is 5. The summed E-state index contributed by atoms with van der Waals surface area (Å²) >= 11 is 0. The van der Waals surface area contributed by atoms with Crippen molar-refractivity contribution in [1.29, 1.82) is 0 Å². The predicted octanol–water partition coefficient (Wildman–Crippen LogP) is 2.94. The molecule has 23 heavy (non-hydrogen) atoms. The molecule has 1 aromatic heterocycles. The number of methoxy groups -OCH3 is 2. The van der Waals surface area contributed by atoms with Gasteiger partial charge in [-0.25, -0.2) is 0 Å². The van der Waals surface area contributed by atoms with Crippen molar-refractivity contribution >= 4 is 22.8 Å². The van der Waals surface area contributed by atoms with E-state index >= 15 is 0 Å². The predicted molar refractivity (Wildman–Crippen MR) is 88.2 cm³/mol. The van der Waals surface area contributed by atoms with E-state index < -0.39 is 17.9 Å². The topological polar surface area (TPSA) is 57.5 Å². The average molecular weight is 317 g/mol. The molecule has 1 atom stereocenters. The molecule has 0 N–H and O–H groups in total. The molecule has 0 spiro atoms. The van der Waals surface area contributed by atoms with E-state index in [0.717, 1.165) is 11.2 Å². The molecule has 0 fully saturated rings. The third-order valence-corrected chi connectivity index (χ3v) is 4.44. The number of nitrogens with zero attached hydrogens (tertiary/aromatic N) is 1. The Bertz CT molecular complexity index is 677. The standard InChI is InChI=1S/C18H23NO4/c1-11(10-14(17(20)22-4)18(21)23-5)16-12(2)13-8-6-7-9-15(13)19(16)3/h6-9,11,14H,10H2,1-5H3. The van der Waals surface area contributed by atoms with Crippen LogP contribution in [0.1, 0.15) is 30.5 Å². The van der Waals surface area contributed by atoms with Gasteiger partial charge in [0, 0.05) is 23.6 Å². The lowest BCUT2D eigenvalue weighted by Gasteiger charge is -2.19. The summed E-state index contributed by atoms with van der Waals surface area (Å²) < 4.78 is 11.6. The molecule has 0 aliphatic heterocycles. The Labute approximate surface area is 136 Å². The number of fused-ring (bicyclic) bond motifs is 1. The molecule has 1 unspecified atom stereocenters. The minimum atomic E-state index is -0.905. The minimum absolute atomic E-state index is 0.00981. The maximum Gasteiger partial charge on any atom is 0.320 e. The van der Waals surface area contributed by atoms with E-state index in [1.54, 1.807) is 0 Å². The largest absolute Gasteiger partial charge is 0.468 e. The monoisotopic (exact) mass is 317 g/mol. The quantitative estimate of drug-likeness (QED) is 0.628. The third kappa shape index (κ3) is 3.09. The summed E-state index contributed by atoms with van der Waals surface area (Å²) in [6.07, 6.45) is 0.352. The summed E-state index contributed by atoms with van der Waals surface area (Å²) in [6, 6.07) is 8.16. The molecule has 0 amide bonds. The Kier molecular flexibility index (Phi) is 5.08. The van der Waals surface area contributed by atoms with Crippen LogP contribution in [-0.2, 0) is 26.1 Å². The highest BCUT2D eigenvalue weighted by Gasteiger charge is 2.32. The Morgan fingerprint density at radius 2 is 1.70 bits per heavy atom. The first-order valence-electron chi connectivity index (χ1n) is 7.61. The van der Waals surface area contributed by atoms with Crippen LogP contribution in [0.2, 0.25) is 0 Å². The summed E-state index contributed by atoms with van der Waals surface area (Å²) in [6.45, 7) is 4.08. The number of hydrogen-bond donors (Lipinski definition) is 0. The zero-order chi connectivity index (χ0) is 17.1. The number of aryl methyl sites for hydroxylation is 2. The average Bonchev–Trinajstić information content (AvgIpc) is 2.82. The normalized spacial score (nSPS) is 12.4. The lowest BCUT2D eigenvalue weighted by atomic mass is 9.91. The molecule has 0 saturated heterocycles. The molecule has 0 aliphatic rings. The Morgan fingerprint density at radius 1 is 1.13 bits per heavy atom. The van der Waals surface area contributed by atoms with Crippen LogP contribution in [0.15, 0.2) is 24.3 Å². The molecule has 5 nitrogen and oxygen atoms in total. The van der Waals surface area contributed by atoms with E-state index in [2.05, 4.69) is 23.6 Å². The van der Waals surface area contributed by atoms with Crippen molar-refractivity contribution in [2.45, 2.75) is 26.2 Å². The number of hydrogen-bond acceptors (Lipinski definition) is 4. The number of carbonyl (C=O) groups excluding carboxylic acids is 2. The van der Waals surface area contributed by atoms with Crippen molar-refractivity contribution in [1.82, 2.24) is 4.57 Å². The number of benzene rings is 1. The van der Waals surface area contributed by atoms with Gasteiger partial charge in [0.05, 0.1) is 14.2 Å². The van der Waals surface area contributed by atoms with Crippen LogP contribution in [0.4, 0.5) is 0 Å². The van der Waals surface area contributed by atoms with Crippen molar-refractivity contribution < 1.29 is 19.1 Å². The van der Waals surface area contributed by atoms with E-state index in [0.29, 0.717) is 6.42 Å². The van der Waals surface area contributed by atoms with Crippen LogP contribution in [-0.4, -0.2) is 30.7 Å². The molecular weight excluding hydrogens is 294 g/mol. The number of carbonyl (C=O) groups is 2. The van der Waals surface area contributed by atoms with Gasteiger partial charge in [-0.2, -0.15) is 0 Å². The number of aromatic nitrogens is 1. The second kappa shape index (κ2) is 6.86. The van der Waals surface area contributed by atoms with Crippen molar-refractivity contribution in [2.24, 2.45) is 13.0 Å². The van der Waals surface area contributed by atoms with Crippen LogP contribution < -0.4 is 0 Å². The van der Waals surface area contributed by atoms with Gasteiger partial charge in [0.15, 0.2) is 5.92 Å². The van der Waals surface area contributed by atoms with Gasteiger partial charge in [-0.15, -0.1) is 0 Å².